The van der Waals surface area contributed by atoms with E-state index in [0.717, 1.165) is 25.7 Å². The summed E-state index contributed by atoms with van der Waals surface area (Å²) in [6.07, 6.45) is 5.74. The summed E-state index contributed by atoms with van der Waals surface area (Å²) in [7, 11) is 3.45. The van der Waals surface area contributed by atoms with Crippen LogP contribution in [0.5, 0.6) is 0 Å². The molecule has 0 radical (unpaired) electrons. The van der Waals surface area contributed by atoms with E-state index in [1.165, 1.54) is 0 Å². The number of carbonyl (C=O) groups excluding carboxylic acids is 1. The van der Waals surface area contributed by atoms with Gasteiger partial charge in [-0.15, -0.1) is 5.10 Å². The van der Waals surface area contributed by atoms with Crippen molar-refractivity contribution in [2.24, 2.45) is 12.5 Å². The minimum Gasteiger partial charge on any atom is -0.370 e. The summed E-state index contributed by atoms with van der Waals surface area (Å²) in [6.45, 7) is 4.50. The molecule has 1 heterocycles. The summed E-state index contributed by atoms with van der Waals surface area (Å²) in [6, 6.07) is 0. The second-order valence-corrected chi connectivity index (χ2v) is 6.35. The fourth-order valence-electron chi connectivity index (χ4n) is 2.73. The molecule has 1 saturated carbocycles. The predicted octanol–water partition coefficient (Wildman–Crippen LogP) is 1.91. The standard InChI is InChI=1S/C14H23N3O2/c1-13(2)5-7-14(19-4,8-6-13)12(18)9-11-10-17(3)16-15-11/h10H,5-9H2,1-4H3. The highest BCUT2D eigenvalue weighted by Crippen LogP contribution is 2.42. The van der Waals surface area contributed by atoms with Crippen LogP contribution >= 0.6 is 0 Å². The first-order valence-corrected chi connectivity index (χ1v) is 6.81. The molecule has 1 aliphatic carbocycles. The van der Waals surface area contributed by atoms with Gasteiger partial charge in [0.15, 0.2) is 5.78 Å². The van der Waals surface area contributed by atoms with Crippen LogP contribution in [0.15, 0.2) is 6.20 Å². The van der Waals surface area contributed by atoms with Gasteiger partial charge in [0.2, 0.25) is 0 Å². The summed E-state index contributed by atoms with van der Waals surface area (Å²) in [5, 5.41) is 7.84. The molecule has 5 heteroatoms. The summed E-state index contributed by atoms with van der Waals surface area (Å²) < 4.78 is 7.23. The van der Waals surface area contributed by atoms with Crippen LogP contribution in [0.1, 0.15) is 45.2 Å². The average Bonchev–Trinajstić information content (AvgIpc) is 2.75. The largest absolute Gasteiger partial charge is 0.370 e. The van der Waals surface area contributed by atoms with Crippen molar-refractivity contribution in [1.29, 1.82) is 0 Å². The Morgan fingerprint density at radius 2 is 2.00 bits per heavy atom. The molecular formula is C14H23N3O2. The number of ether oxygens (including phenoxy) is 1. The fourth-order valence-corrected chi connectivity index (χ4v) is 2.73. The lowest BCUT2D eigenvalue weighted by Gasteiger charge is -2.41. The number of methoxy groups -OCH3 is 1. The molecule has 0 atom stereocenters. The third-order valence-corrected chi connectivity index (χ3v) is 4.30. The molecule has 5 nitrogen and oxygen atoms in total. The van der Waals surface area contributed by atoms with E-state index in [4.69, 9.17) is 4.74 Å². The zero-order chi connectivity index (χ0) is 14.1. The third kappa shape index (κ3) is 3.03. The van der Waals surface area contributed by atoms with Gasteiger partial charge in [0, 0.05) is 20.4 Å². The SMILES string of the molecule is COC1(C(=O)Cc2cn(C)nn2)CCC(C)(C)CC1. The number of hydrogen-bond donors (Lipinski definition) is 0. The predicted molar refractivity (Wildman–Crippen MR) is 71.7 cm³/mol. The van der Waals surface area contributed by atoms with Gasteiger partial charge >= 0.3 is 0 Å². The lowest BCUT2D eigenvalue weighted by atomic mass is 9.69. The summed E-state index contributed by atoms with van der Waals surface area (Å²) in [4.78, 5) is 12.5. The number of nitrogens with zero attached hydrogens (tertiary/aromatic N) is 3. The Kier molecular flexibility index (Phi) is 3.76. The summed E-state index contributed by atoms with van der Waals surface area (Å²) >= 11 is 0. The number of ketones is 1. The Morgan fingerprint density at radius 3 is 2.47 bits per heavy atom. The molecule has 0 aliphatic heterocycles. The quantitative estimate of drug-likeness (QED) is 0.834. The van der Waals surface area contributed by atoms with Crippen molar-refractivity contribution in [3.8, 4) is 0 Å². The molecule has 1 aliphatic rings. The summed E-state index contributed by atoms with van der Waals surface area (Å²) in [5.41, 5.74) is 0.413. The Morgan fingerprint density at radius 1 is 1.37 bits per heavy atom. The molecule has 19 heavy (non-hydrogen) atoms. The van der Waals surface area contributed by atoms with Gasteiger partial charge in [0.1, 0.15) is 5.60 Å². The van der Waals surface area contributed by atoms with Gasteiger partial charge in [-0.1, -0.05) is 19.1 Å². The van der Waals surface area contributed by atoms with E-state index in [1.54, 1.807) is 25.0 Å². The minimum atomic E-state index is -0.618. The van der Waals surface area contributed by atoms with E-state index in [1.807, 2.05) is 0 Å². The van der Waals surface area contributed by atoms with Crippen molar-refractivity contribution in [2.75, 3.05) is 7.11 Å². The Balaban J connectivity index is 2.07. The second kappa shape index (κ2) is 5.04. The smallest absolute Gasteiger partial charge is 0.170 e. The van der Waals surface area contributed by atoms with Gasteiger partial charge in [-0.05, 0) is 31.1 Å². The van der Waals surface area contributed by atoms with Crippen molar-refractivity contribution in [2.45, 2.75) is 51.6 Å². The monoisotopic (exact) mass is 265 g/mol. The molecule has 1 fully saturated rings. The van der Waals surface area contributed by atoms with E-state index in [-0.39, 0.29) is 5.78 Å². The number of aryl methyl sites for hydroxylation is 1. The molecule has 0 spiro atoms. The van der Waals surface area contributed by atoms with Gasteiger partial charge in [0.05, 0.1) is 12.1 Å². The Bertz CT molecular complexity index is 455. The molecule has 0 N–H and O–H groups in total. The first-order chi connectivity index (χ1) is 8.87. The Labute approximate surface area is 114 Å². The normalized spacial score (nSPS) is 21.3. The van der Waals surface area contributed by atoms with Crippen LogP contribution in [0.3, 0.4) is 0 Å². The minimum absolute atomic E-state index is 0.131. The van der Waals surface area contributed by atoms with Gasteiger partial charge in [-0.3, -0.25) is 9.48 Å². The van der Waals surface area contributed by atoms with Crippen LogP contribution < -0.4 is 0 Å². The molecule has 1 aromatic heterocycles. The van der Waals surface area contributed by atoms with Crippen molar-refractivity contribution in [1.82, 2.24) is 15.0 Å². The zero-order valence-electron chi connectivity index (χ0n) is 12.3. The topological polar surface area (TPSA) is 57.0 Å². The first-order valence-electron chi connectivity index (χ1n) is 6.81. The highest BCUT2D eigenvalue weighted by atomic mass is 16.5. The zero-order valence-corrected chi connectivity index (χ0v) is 12.3. The molecule has 106 valence electrons. The molecule has 2 rings (SSSR count). The number of rotatable bonds is 4. The average molecular weight is 265 g/mol. The van der Waals surface area contributed by atoms with Crippen molar-refractivity contribution < 1.29 is 9.53 Å². The van der Waals surface area contributed by atoms with Crippen molar-refractivity contribution in [3.05, 3.63) is 11.9 Å². The lowest BCUT2D eigenvalue weighted by molar-refractivity contribution is -0.147. The summed E-state index contributed by atoms with van der Waals surface area (Å²) in [5.74, 6) is 0.131. The molecule has 1 aromatic rings. The highest BCUT2D eigenvalue weighted by molar-refractivity contribution is 5.89. The van der Waals surface area contributed by atoms with Crippen LogP contribution in [0.25, 0.3) is 0 Å². The number of Topliss-reactive ketones (excluding diaryl/α,β-unsaturated/α-hetero) is 1. The van der Waals surface area contributed by atoms with Crippen LogP contribution in [0, 0.1) is 5.41 Å². The number of hydrogen-bond acceptors (Lipinski definition) is 4. The van der Waals surface area contributed by atoms with Crippen LogP contribution in [0.2, 0.25) is 0 Å². The molecule has 0 saturated heterocycles. The van der Waals surface area contributed by atoms with Crippen LogP contribution in [0.4, 0.5) is 0 Å². The molecule has 0 aromatic carbocycles. The second-order valence-electron chi connectivity index (χ2n) is 6.35. The van der Waals surface area contributed by atoms with E-state index < -0.39 is 5.60 Å². The maximum Gasteiger partial charge on any atom is 0.170 e. The molecule has 0 unspecified atom stereocenters. The van der Waals surface area contributed by atoms with Gasteiger partial charge in [-0.25, -0.2) is 0 Å². The maximum absolute atomic E-state index is 12.5. The van der Waals surface area contributed by atoms with Gasteiger partial charge in [-0.2, -0.15) is 0 Å². The van der Waals surface area contributed by atoms with E-state index in [9.17, 15) is 4.79 Å². The van der Waals surface area contributed by atoms with E-state index >= 15 is 0 Å². The fraction of sp³-hybridized carbons (Fsp3) is 0.786. The maximum atomic E-state index is 12.5. The molecular weight excluding hydrogens is 242 g/mol. The molecule has 0 amide bonds. The number of carbonyl (C=O) groups is 1. The lowest BCUT2D eigenvalue weighted by Crippen LogP contribution is -2.46. The van der Waals surface area contributed by atoms with Gasteiger partial charge in [0.25, 0.3) is 0 Å². The van der Waals surface area contributed by atoms with Gasteiger partial charge < -0.3 is 4.74 Å². The van der Waals surface area contributed by atoms with E-state index in [2.05, 4.69) is 24.2 Å². The highest BCUT2D eigenvalue weighted by Gasteiger charge is 2.43. The number of aromatic nitrogens is 3. The van der Waals surface area contributed by atoms with Crippen LogP contribution in [-0.2, 0) is 23.0 Å². The van der Waals surface area contributed by atoms with E-state index in [0.29, 0.717) is 17.5 Å². The first kappa shape index (κ1) is 14.2. The third-order valence-electron chi connectivity index (χ3n) is 4.30. The molecule has 0 bridgehead atoms. The van der Waals surface area contributed by atoms with Crippen LogP contribution in [-0.4, -0.2) is 33.5 Å². The Hall–Kier alpha value is -1.23. The van der Waals surface area contributed by atoms with Crippen molar-refractivity contribution in [3.63, 3.8) is 0 Å². The van der Waals surface area contributed by atoms with Crippen molar-refractivity contribution >= 4 is 5.78 Å².